The van der Waals surface area contributed by atoms with Gasteiger partial charge in [0.15, 0.2) is 0 Å². The first kappa shape index (κ1) is 26.3. The van der Waals surface area contributed by atoms with E-state index in [0.717, 1.165) is 37.9 Å². The third-order valence-electron chi connectivity index (χ3n) is 9.06. The Morgan fingerprint density at radius 3 is 2.64 bits per heavy atom. The van der Waals surface area contributed by atoms with Gasteiger partial charge >= 0.3 is 5.97 Å². The SMILES string of the molecule is CCOC(=O)c1cnc(N2CCN(c3cccc(C(=O)NC4C5CC6CC4CC(O)(C6)C5)n3)[C@H](C)C2)c(Cl)c1. The third kappa shape index (κ3) is 5.07. The van der Waals surface area contributed by atoms with Crippen LogP contribution >= 0.6 is 11.6 Å². The van der Waals surface area contributed by atoms with E-state index in [1.165, 1.54) is 6.20 Å². The number of carbonyl (C=O) groups is 2. The lowest BCUT2D eigenvalue weighted by Crippen LogP contribution is -2.61. The minimum absolute atomic E-state index is 0.0948. The Balaban J connectivity index is 1.11. The van der Waals surface area contributed by atoms with E-state index in [1.54, 1.807) is 19.1 Å². The van der Waals surface area contributed by atoms with Crippen LogP contribution in [-0.4, -0.2) is 70.9 Å². The Bertz CT molecular complexity index is 1260. The molecule has 10 heteroatoms. The first-order valence-electron chi connectivity index (χ1n) is 14.1. The molecule has 4 bridgehead atoms. The number of pyridine rings is 2. The van der Waals surface area contributed by atoms with E-state index >= 15 is 0 Å². The second-order valence-corrected chi connectivity index (χ2v) is 12.2. The van der Waals surface area contributed by atoms with Gasteiger partial charge in [0.05, 0.1) is 22.8 Å². The summed E-state index contributed by atoms with van der Waals surface area (Å²) in [5.74, 6) is 2.14. The fourth-order valence-corrected chi connectivity index (χ4v) is 7.92. The fraction of sp³-hybridized carbons (Fsp3) is 0.586. The van der Waals surface area contributed by atoms with E-state index < -0.39 is 11.6 Å². The number of nitrogens with one attached hydrogen (secondary N) is 1. The van der Waals surface area contributed by atoms with Crippen LogP contribution in [-0.2, 0) is 4.74 Å². The maximum absolute atomic E-state index is 13.3. The summed E-state index contributed by atoms with van der Waals surface area (Å²) in [5, 5.41) is 14.6. The number of hydrogen-bond donors (Lipinski definition) is 2. The molecule has 0 spiro atoms. The summed E-state index contributed by atoms with van der Waals surface area (Å²) in [6.07, 6.45) is 6.23. The smallest absolute Gasteiger partial charge is 0.339 e. The van der Waals surface area contributed by atoms with Crippen molar-refractivity contribution in [3.63, 3.8) is 0 Å². The van der Waals surface area contributed by atoms with Crippen LogP contribution in [0.15, 0.2) is 30.5 Å². The van der Waals surface area contributed by atoms with Crippen molar-refractivity contribution < 1.29 is 19.4 Å². The highest BCUT2D eigenvalue weighted by molar-refractivity contribution is 6.33. The Kier molecular flexibility index (Phi) is 6.91. The van der Waals surface area contributed by atoms with E-state index in [2.05, 4.69) is 27.0 Å². The Hall–Kier alpha value is -2.91. The standard InChI is InChI=1S/C29H36ClN5O4/c1-3-39-28(37)21-11-22(30)26(31-15-21)34-7-8-35(17(2)16-34)24-6-4-5-23(32-24)27(36)33-25-19-9-18-10-20(25)14-29(38,12-18)13-19/h4-6,11,15,17-20,25,38H,3,7-10,12-14,16H2,1-2H3,(H,33,36)/t17-,18?,19?,20?,25?,29?/m1/s1. The predicted molar refractivity (Wildman–Crippen MR) is 148 cm³/mol. The van der Waals surface area contributed by atoms with E-state index in [4.69, 9.17) is 21.3 Å². The van der Waals surface area contributed by atoms with Crippen LogP contribution in [0.1, 0.15) is 66.8 Å². The summed E-state index contributed by atoms with van der Waals surface area (Å²) in [6, 6.07) is 7.43. The van der Waals surface area contributed by atoms with Crippen molar-refractivity contribution in [2.45, 2.75) is 63.6 Å². The largest absolute Gasteiger partial charge is 0.462 e. The molecule has 0 aromatic carbocycles. The number of aliphatic hydroxyl groups is 1. The molecule has 1 amide bonds. The van der Waals surface area contributed by atoms with Gasteiger partial charge in [-0.25, -0.2) is 14.8 Å². The summed E-state index contributed by atoms with van der Waals surface area (Å²) < 4.78 is 5.04. The average molecular weight is 554 g/mol. The maximum Gasteiger partial charge on any atom is 0.339 e. The van der Waals surface area contributed by atoms with Crippen LogP contribution in [0, 0.1) is 17.8 Å². The zero-order valence-corrected chi connectivity index (χ0v) is 23.2. The van der Waals surface area contributed by atoms with Gasteiger partial charge in [-0.05, 0) is 81.9 Å². The van der Waals surface area contributed by atoms with Crippen molar-refractivity contribution in [3.05, 3.63) is 46.7 Å². The number of ether oxygens (including phenoxy) is 1. The second-order valence-electron chi connectivity index (χ2n) is 11.8. The van der Waals surface area contributed by atoms with Crippen LogP contribution in [0.25, 0.3) is 0 Å². The summed E-state index contributed by atoms with van der Waals surface area (Å²) in [4.78, 5) is 38.8. The molecule has 2 aromatic rings. The number of nitrogens with zero attached hydrogens (tertiary/aromatic N) is 4. The molecular formula is C29H36ClN5O4. The van der Waals surface area contributed by atoms with Crippen molar-refractivity contribution in [1.82, 2.24) is 15.3 Å². The van der Waals surface area contributed by atoms with Gasteiger partial charge in [0.1, 0.15) is 17.3 Å². The lowest BCUT2D eigenvalue weighted by atomic mass is 9.52. The summed E-state index contributed by atoms with van der Waals surface area (Å²) in [7, 11) is 0. The van der Waals surface area contributed by atoms with Gasteiger partial charge < -0.3 is 25.0 Å². The molecule has 9 nitrogen and oxygen atoms in total. The number of amides is 1. The molecule has 5 aliphatic rings. The highest BCUT2D eigenvalue weighted by atomic mass is 35.5. The van der Waals surface area contributed by atoms with Gasteiger partial charge in [0.25, 0.3) is 5.91 Å². The highest BCUT2D eigenvalue weighted by Gasteiger charge is 2.55. The lowest BCUT2D eigenvalue weighted by Gasteiger charge is -2.58. The van der Waals surface area contributed by atoms with Crippen molar-refractivity contribution in [3.8, 4) is 0 Å². The Morgan fingerprint density at radius 1 is 1.21 bits per heavy atom. The van der Waals surface area contributed by atoms with E-state index in [1.807, 2.05) is 12.1 Å². The molecule has 5 fully saturated rings. The molecule has 0 radical (unpaired) electrons. The highest BCUT2D eigenvalue weighted by Crippen LogP contribution is 2.55. The van der Waals surface area contributed by atoms with Crippen molar-refractivity contribution in [2.75, 3.05) is 36.0 Å². The van der Waals surface area contributed by atoms with E-state index in [-0.39, 0.29) is 18.0 Å². The van der Waals surface area contributed by atoms with Crippen LogP contribution in [0.5, 0.6) is 0 Å². The molecule has 1 saturated heterocycles. The van der Waals surface area contributed by atoms with E-state index in [9.17, 15) is 14.7 Å². The molecule has 2 N–H and O–H groups in total. The molecular weight excluding hydrogens is 518 g/mol. The fourth-order valence-electron chi connectivity index (χ4n) is 7.63. The number of rotatable bonds is 6. The number of halogens is 1. The molecule has 2 unspecified atom stereocenters. The zero-order valence-electron chi connectivity index (χ0n) is 22.5. The molecule has 3 heterocycles. The molecule has 1 aliphatic heterocycles. The first-order chi connectivity index (χ1) is 18.7. The minimum atomic E-state index is -0.517. The van der Waals surface area contributed by atoms with Gasteiger partial charge in [-0.3, -0.25) is 4.79 Å². The maximum atomic E-state index is 13.3. The van der Waals surface area contributed by atoms with Crippen LogP contribution in [0.2, 0.25) is 5.02 Å². The minimum Gasteiger partial charge on any atom is -0.462 e. The molecule has 208 valence electrons. The molecule has 4 saturated carbocycles. The van der Waals surface area contributed by atoms with Crippen molar-refractivity contribution >= 4 is 35.1 Å². The van der Waals surface area contributed by atoms with Gasteiger partial charge in [0.2, 0.25) is 0 Å². The number of hydrogen-bond acceptors (Lipinski definition) is 8. The topological polar surface area (TPSA) is 108 Å². The molecule has 4 aliphatic carbocycles. The summed E-state index contributed by atoms with van der Waals surface area (Å²) >= 11 is 6.50. The van der Waals surface area contributed by atoms with Crippen LogP contribution in [0.3, 0.4) is 0 Å². The monoisotopic (exact) mass is 553 g/mol. The number of aromatic nitrogens is 2. The van der Waals surface area contributed by atoms with Crippen LogP contribution in [0.4, 0.5) is 11.6 Å². The summed E-state index contributed by atoms with van der Waals surface area (Å²) in [5.41, 5.74) is 0.242. The summed E-state index contributed by atoms with van der Waals surface area (Å²) in [6.45, 7) is 6.18. The van der Waals surface area contributed by atoms with Gasteiger partial charge in [-0.2, -0.15) is 0 Å². The number of carbonyl (C=O) groups excluding carboxylic acids is 2. The molecule has 2 aromatic heterocycles. The normalized spacial score (nSPS) is 31.3. The number of piperazine rings is 1. The van der Waals surface area contributed by atoms with Crippen molar-refractivity contribution in [2.24, 2.45) is 17.8 Å². The quantitative estimate of drug-likeness (QED) is 0.522. The Labute approximate surface area is 233 Å². The predicted octanol–water partition coefficient (Wildman–Crippen LogP) is 3.69. The zero-order chi connectivity index (χ0) is 27.3. The molecule has 39 heavy (non-hydrogen) atoms. The van der Waals surface area contributed by atoms with Gasteiger partial charge in [0, 0.05) is 37.9 Å². The van der Waals surface area contributed by atoms with Crippen LogP contribution < -0.4 is 15.1 Å². The van der Waals surface area contributed by atoms with E-state index in [0.29, 0.717) is 66.1 Å². The second kappa shape index (κ2) is 10.2. The van der Waals surface area contributed by atoms with Gasteiger partial charge in [-0.15, -0.1) is 0 Å². The lowest BCUT2D eigenvalue weighted by molar-refractivity contribution is -0.136. The number of anilines is 2. The van der Waals surface area contributed by atoms with Crippen molar-refractivity contribution in [1.29, 1.82) is 0 Å². The third-order valence-corrected chi connectivity index (χ3v) is 9.34. The molecule has 7 rings (SSSR count). The average Bonchev–Trinajstić information content (AvgIpc) is 2.90. The Morgan fingerprint density at radius 2 is 1.97 bits per heavy atom. The number of esters is 1. The molecule has 3 atom stereocenters. The first-order valence-corrected chi connectivity index (χ1v) is 14.5. The van der Waals surface area contributed by atoms with Gasteiger partial charge in [-0.1, -0.05) is 17.7 Å².